The summed E-state index contributed by atoms with van der Waals surface area (Å²) in [4.78, 5) is 33.7. The molecule has 3 heterocycles. The zero-order valence-corrected chi connectivity index (χ0v) is 22.2. The fraction of sp³-hybridized carbons (Fsp3) is 0.481. The third kappa shape index (κ3) is 5.39. The van der Waals surface area contributed by atoms with E-state index in [1.54, 1.807) is 28.9 Å². The smallest absolute Gasteiger partial charge is 0.222 e. The number of hydrogen-bond donors (Lipinski definition) is 3. The molecule has 1 fully saturated rings. The summed E-state index contributed by atoms with van der Waals surface area (Å²) in [7, 11) is 0. The van der Waals surface area contributed by atoms with Gasteiger partial charge in [-0.1, -0.05) is 20.8 Å². The average molecular weight is 515 g/mol. The van der Waals surface area contributed by atoms with Crippen LogP contribution in [-0.2, 0) is 29.9 Å². The van der Waals surface area contributed by atoms with Crippen molar-refractivity contribution in [3.05, 3.63) is 57.4 Å². The van der Waals surface area contributed by atoms with Crippen LogP contribution in [0.2, 0.25) is 0 Å². The summed E-state index contributed by atoms with van der Waals surface area (Å²) in [6.45, 7) is 8.90. The van der Waals surface area contributed by atoms with Crippen LogP contribution in [0.25, 0.3) is 0 Å². The molecule has 0 aliphatic carbocycles. The molecule has 9 heteroatoms. The van der Waals surface area contributed by atoms with Gasteiger partial charge in [0.1, 0.15) is 17.3 Å². The summed E-state index contributed by atoms with van der Waals surface area (Å²) in [5, 5.41) is 29.1. The van der Waals surface area contributed by atoms with Crippen LogP contribution in [0, 0.1) is 12.3 Å². The van der Waals surface area contributed by atoms with Gasteiger partial charge < -0.3 is 20.0 Å². The fourth-order valence-corrected chi connectivity index (χ4v) is 4.80. The van der Waals surface area contributed by atoms with Gasteiger partial charge in [0, 0.05) is 54.0 Å². The first-order valence-electron chi connectivity index (χ1n) is 12.1. The lowest BCUT2D eigenvalue weighted by Gasteiger charge is -2.29. The molecule has 2 aromatic rings. The molecular weight excluding hydrogens is 480 g/mol. The maximum atomic E-state index is 13.4. The Hall–Kier alpha value is -2.97. The number of fused-ring (bicyclic) bond motifs is 1. The number of nitrogens with one attached hydrogen (secondary N) is 1. The summed E-state index contributed by atoms with van der Waals surface area (Å²) < 4.78 is 0. The minimum Gasteiger partial charge on any atom is -0.507 e. The molecule has 0 atom stereocenters. The van der Waals surface area contributed by atoms with Crippen molar-refractivity contribution in [1.82, 2.24) is 14.8 Å². The van der Waals surface area contributed by atoms with Crippen molar-refractivity contribution in [2.24, 2.45) is 0 Å². The van der Waals surface area contributed by atoms with Crippen LogP contribution in [0.3, 0.4) is 0 Å². The molecule has 2 aliphatic heterocycles. The zero-order valence-electron chi connectivity index (χ0n) is 21.3. The number of aromatic hydroxyl groups is 1. The highest BCUT2D eigenvalue weighted by molar-refractivity contribution is 6.04. The first kappa shape index (κ1) is 27.6. The summed E-state index contributed by atoms with van der Waals surface area (Å²) >= 11 is 0. The zero-order chi connectivity index (χ0) is 25.5. The summed E-state index contributed by atoms with van der Waals surface area (Å²) in [5.74, 6) is 0.219. The van der Waals surface area contributed by atoms with Gasteiger partial charge in [-0.05, 0) is 48.9 Å². The molecule has 194 valence electrons. The van der Waals surface area contributed by atoms with E-state index in [-0.39, 0.29) is 55.4 Å². The molecule has 3 N–H and O–H groups in total. The first-order chi connectivity index (χ1) is 16.5. The van der Waals surface area contributed by atoms with Gasteiger partial charge in [-0.2, -0.15) is 0 Å². The molecular formula is C27H35ClN4O4. The predicted octanol–water partition coefficient (Wildman–Crippen LogP) is 3.84. The van der Waals surface area contributed by atoms with E-state index >= 15 is 0 Å². The Balaban J connectivity index is 0.00000361. The second-order valence-corrected chi connectivity index (χ2v) is 10.6. The van der Waals surface area contributed by atoms with Crippen molar-refractivity contribution in [3.8, 4) is 5.75 Å². The van der Waals surface area contributed by atoms with Gasteiger partial charge in [0.15, 0.2) is 5.78 Å². The van der Waals surface area contributed by atoms with E-state index in [4.69, 9.17) is 5.41 Å². The Labute approximate surface area is 218 Å². The number of pyridine rings is 1. The quantitative estimate of drug-likeness (QED) is 0.504. The standard InChI is InChI=1S/C27H34N4O4.ClH/c1-16-20(15-32)10-18-12-31(26(28)24(18)29-16)14-22(33)17-9-19(13-30-8-6-5-7-23(30)34)25(35)21(11-17)27(2,3)4;/h9-11,28,32,35H,5-8,12-15H2,1-4H3;1H. The number of aromatic nitrogens is 1. The minimum absolute atomic E-state index is 0. The van der Waals surface area contributed by atoms with Crippen LogP contribution in [-0.4, -0.2) is 55.6 Å². The number of amides is 1. The summed E-state index contributed by atoms with van der Waals surface area (Å²) in [6, 6.07) is 5.27. The van der Waals surface area contributed by atoms with Gasteiger partial charge in [0.2, 0.25) is 5.91 Å². The number of benzene rings is 1. The Morgan fingerprint density at radius 1 is 1.14 bits per heavy atom. The van der Waals surface area contributed by atoms with Gasteiger partial charge >= 0.3 is 0 Å². The van der Waals surface area contributed by atoms with Gasteiger partial charge in [0.05, 0.1) is 13.2 Å². The number of Topliss-reactive ketones (excluding diaryl/α,β-unsaturated/α-hetero) is 1. The van der Waals surface area contributed by atoms with E-state index < -0.39 is 5.41 Å². The largest absolute Gasteiger partial charge is 0.507 e. The number of piperidine rings is 1. The molecule has 4 rings (SSSR count). The van der Waals surface area contributed by atoms with E-state index in [2.05, 4.69) is 4.98 Å². The predicted molar refractivity (Wildman–Crippen MR) is 140 cm³/mol. The van der Waals surface area contributed by atoms with Crippen LogP contribution < -0.4 is 0 Å². The molecule has 1 saturated heterocycles. The van der Waals surface area contributed by atoms with E-state index in [0.717, 1.165) is 24.0 Å². The van der Waals surface area contributed by atoms with Crippen molar-refractivity contribution >= 4 is 29.9 Å². The highest BCUT2D eigenvalue weighted by Crippen LogP contribution is 2.36. The Morgan fingerprint density at radius 2 is 1.86 bits per heavy atom. The van der Waals surface area contributed by atoms with Gasteiger partial charge in [-0.15, -0.1) is 12.4 Å². The highest BCUT2D eigenvalue weighted by atomic mass is 35.5. The number of ketones is 1. The number of amidine groups is 1. The van der Waals surface area contributed by atoms with Crippen LogP contribution in [0.1, 0.15) is 84.0 Å². The Morgan fingerprint density at radius 3 is 2.50 bits per heavy atom. The maximum absolute atomic E-state index is 13.4. The molecule has 0 radical (unpaired) electrons. The van der Waals surface area contributed by atoms with Gasteiger partial charge in [-0.25, -0.2) is 4.98 Å². The van der Waals surface area contributed by atoms with E-state index in [0.29, 0.717) is 47.6 Å². The number of halogens is 1. The normalized spacial score (nSPS) is 15.7. The number of hydrogen-bond acceptors (Lipinski definition) is 6. The van der Waals surface area contributed by atoms with E-state index in [9.17, 15) is 19.8 Å². The van der Waals surface area contributed by atoms with Crippen LogP contribution in [0.4, 0.5) is 0 Å². The number of aliphatic hydroxyl groups excluding tert-OH is 1. The molecule has 1 amide bonds. The van der Waals surface area contributed by atoms with Crippen molar-refractivity contribution < 1.29 is 19.8 Å². The lowest BCUT2D eigenvalue weighted by molar-refractivity contribution is -0.133. The Kier molecular flexibility index (Phi) is 8.10. The molecule has 0 saturated carbocycles. The topological polar surface area (TPSA) is 118 Å². The highest BCUT2D eigenvalue weighted by Gasteiger charge is 2.30. The lowest BCUT2D eigenvalue weighted by atomic mass is 9.83. The molecule has 2 aliphatic rings. The summed E-state index contributed by atoms with van der Waals surface area (Å²) in [5.41, 5.74) is 4.04. The third-order valence-corrected chi connectivity index (χ3v) is 6.90. The molecule has 0 unspecified atom stereocenters. The number of aryl methyl sites for hydroxylation is 1. The van der Waals surface area contributed by atoms with E-state index in [1.807, 2.05) is 26.8 Å². The molecule has 0 bridgehead atoms. The number of aliphatic hydroxyl groups is 1. The first-order valence-corrected chi connectivity index (χ1v) is 12.1. The third-order valence-electron chi connectivity index (χ3n) is 6.90. The number of phenolic OH excluding ortho intramolecular Hbond substituents is 1. The van der Waals surface area contributed by atoms with Crippen molar-refractivity contribution in [1.29, 1.82) is 5.41 Å². The van der Waals surface area contributed by atoms with Gasteiger partial charge in [0.25, 0.3) is 0 Å². The minimum atomic E-state index is -0.403. The molecule has 36 heavy (non-hydrogen) atoms. The Bertz CT molecular complexity index is 1210. The van der Waals surface area contributed by atoms with Gasteiger partial charge in [-0.3, -0.25) is 15.0 Å². The molecule has 8 nitrogen and oxygen atoms in total. The van der Waals surface area contributed by atoms with E-state index in [1.165, 1.54) is 0 Å². The number of nitrogens with zero attached hydrogens (tertiary/aromatic N) is 3. The van der Waals surface area contributed by atoms with Crippen molar-refractivity contribution in [3.63, 3.8) is 0 Å². The second-order valence-electron chi connectivity index (χ2n) is 10.6. The van der Waals surface area contributed by atoms with Crippen LogP contribution >= 0.6 is 12.4 Å². The van der Waals surface area contributed by atoms with Crippen molar-refractivity contribution in [2.75, 3.05) is 13.1 Å². The fourth-order valence-electron chi connectivity index (χ4n) is 4.80. The lowest BCUT2D eigenvalue weighted by Crippen LogP contribution is -2.35. The van der Waals surface area contributed by atoms with Crippen molar-refractivity contribution in [2.45, 2.75) is 72.1 Å². The van der Waals surface area contributed by atoms with Crippen LogP contribution in [0.5, 0.6) is 5.75 Å². The number of likely N-dealkylation sites (tertiary alicyclic amines) is 1. The number of carbonyl (C=O) groups excluding carboxylic acids is 2. The maximum Gasteiger partial charge on any atom is 0.222 e. The molecule has 1 aromatic carbocycles. The van der Waals surface area contributed by atoms with Crippen LogP contribution in [0.15, 0.2) is 18.2 Å². The number of phenols is 1. The number of rotatable bonds is 6. The average Bonchev–Trinajstić information content (AvgIpc) is 3.09. The monoisotopic (exact) mass is 514 g/mol. The number of carbonyl (C=O) groups is 2. The molecule has 1 aromatic heterocycles. The second kappa shape index (κ2) is 10.6. The molecule has 0 spiro atoms. The SMILES string of the molecule is Cc1nc2c(cc1CO)CN(CC(=O)c1cc(CN3CCCCC3=O)c(O)c(C(C)(C)C)c1)C2=N.Cl. The summed E-state index contributed by atoms with van der Waals surface area (Å²) in [6.07, 6.45) is 2.32.